The fourth-order valence-electron chi connectivity index (χ4n) is 2.27. The maximum atomic E-state index is 13.2. The van der Waals surface area contributed by atoms with Gasteiger partial charge in [0.05, 0.1) is 7.11 Å². The van der Waals surface area contributed by atoms with E-state index in [2.05, 4.69) is 17.1 Å². The van der Waals surface area contributed by atoms with E-state index in [1.807, 2.05) is 0 Å². The van der Waals surface area contributed by atoms with Crippen LogP contribution in [0.4, 0.5) is 4.39 Å². The Morgan fingerprint density at radius 2 is 2.35 bits per heavy atom. The van der Waals surface area contributed by atoms with E-state index in [0.29, 0.717) is 6.04 Å². The maximum absolute atomic E-state index is 13.2. The van der Waals surface area contributed by atoms with E-state index in [4.69, 9.17) is 4.74 Å². The van der Waals surface area contributed by atoms with Gasteiger partial charge in [-0.05, 0) is 25.1 Å². The van der Waals surface area contributed by atoms with Crippen LogP contribution in [0.5, 0.6) is 5.75 Å². The van der Waals surface area contributed by atoms with Crippen molar-refractivity contribution in [3.8, 4) is 5.75 Å². The molecule has 1 heterocycles. The largest absolute Gasteiger partial charge is 0.496 e. The first-order valence-corrected chi connectivity index (χ1v) is 5.97. The van der Waals surface area contributed by atoms with Crippen molar-refractivity contribution in [2.75, 3.05) is 26.7 Å². The summed E-state index contributed by atoms with van der Waals surface area (Å²) in [5.41, 5.74) is 0.918. The molecule has 0 aliphatic carbocycles. The molecular formula is C13H19FN2O. The molecular weight excluding hydrogens is 219 g/mol. The molecule has 0 radical (unpaired) electrons. The lowest BCUT2D eigenvalue weighted by Gasteiger charge is -2.32. The first kappa shape index (κ1) is 12.3. The predicted molar refractivity (Wildman–Crippen MR) is 65.7 cm³/mol. The van der Waals surface area contributed by atoms with Crippen molar-refractivity contribution in [2.24, 2.45) is 0 Å². The molecule has 1 fully saturated rings. The summed E-state index contributed by atoms with van der Waals surface area (Å²) in [4.78, 5) is 2.32. The van der Waals surface area contributed by atoms with Crippen molar-refractivity contribution in [2.45, 2.75) is 19.5 Å². The van der Waals surface area contributed by atoms with Gasteiger partial charge >= 0.3 is 0 Å². The zero-order valence-corrected chi connectivity index (χ0v) is 10.4. The molecule has 0 amide bonds. The van der Waals surface area contributed by atoms with Crippen LogP contribution in [0.2, 0.25) is 0 Å². The Bertz CT molecular complexity index is 384. The number of piperazine rings is 1. The average Bonchev–Trinajstić information content (AvgIpc) is 2.29. The molecule has 0 spiro atoms. The second kappa shape index (κ2) is 5.47. The van der Waals surface area contributed by atoms with Crippen LogP contribution in [-0.2, 0) is 6.54 Å². The van der Waals surface area contributed by atoms with Crippen LogP contribution in [0.1, 0.15) is 12.5 Å². The van der Waals surface area contributed by atoms with Gasteiger partial charge < -0.3 is 10.1 Å². The van der Waals surface area contributed by atoms with Gasteiger partial charge in [-0.2, -0.15) is 0 Å². The molecule has 0 bridgehead atoms. The molecule has 94 valence electrons. The number of methoxy groups -OCH3 is 1. The summed E-state index contributed by atoms with van der Waals surface area (Å²) in [6.45, 7) is 5.87. The summed E-state index contributed by atoms with van der Waals surface area (Å²) in [6, 6.07) is 5.17. The third-order valence-electron chi connectivity index (χ3n) is 3.09. The highest BCUT2D eigenvalue weighted by Gasteiger charge is 2.17. The van der Waals surface area contributed by atoms with Crippen LogP contribution in [0.15, 0.2) is 18.2 Å². The minimum absolute atomic E-state index is 0.205. The van der Waals surface area contributed by atoms with E-state index in [1.165, 1.54) is 6.07 Å². The fraction of sp³-hybridized carbons (Fsp3) is 0.538. The van der Waals surface area contributed by atoms with Crippen molar-refractivity contribution in [3.63, 3.8) is 0 Å². The highest BCUT2D eigenvalue weighted by Crippen LogP contribution is 2.21. The van der Waals surface area contributed by atoms with Gasteiger partial charge in [-0.3, -0.25) is 4.90 Å². The number of ether oxygens (including phenoxy) is 1. The van der Waals surface area contributed by atoms with Gasteiger partial charge in [0.1, 0.15) is 11.6 Å². The van der Waals surface area contributed by atoms with E-state index in [1.54, 1.807) is 19.2 Å². The molecule has 1 saturated heterocycles. The highest BCUT2D eigenvalue weighted by molar-refractivity contribution is 5.33. The van der Waals surface area contributed by atoms with E-state index >= 15 is 0 Å². The molecule has 1 aromatic carbocycles. The smallest absolute Gasteiger partial charge is 0.123 e. The standard InChI is InChI=1S/C13H19FN2O/c1-10-8-16(6-5-15-10)9-11-7-12(14)3-4-13(11)17-2/h3-4,7,10,15H,5-6,8-9H2,1-2H3. The number of benzene rings is 1. The summed E-state index contributed by atoms with van der Waals surface area (Å²) in [7, 11) is 1.62. The Balaban J connectivity index is 2.08. The lowest BCUT2D eigenvalue weighted by atomic mass is 10.1. The normalized spacial score (nSPS) is 21.5. The molecule has 0 aromatic heterocycles. The van der Waals surface area contributed by atoms with Crippen molar-refractivity contribution < 1.29 is 9.13 Å². The number of nitrogens with zero attached hydrogens (tertiary/aromatic N) is 1. The molecule has 17 heavy (non-hydrogen) atoms. The van der Waals surface area contributed by atoms with Gasteiger partial charge in [0.25, 0.3) is 0 Å². The molecule has 4 heteroatoms. The van der Waals surface area contributed by atoms with Gasteiger partial charge in [0, 0.05) is 37.8 Å². The summed E-state index contributed by atoms with van der Waals surface area (Å²) < 4.78 is 18.5. The van der Waals surface area contributed by atoms with Crippen molar-refractivity contribution in [1.82, 2.24) is 10.2 Å². The van der Waals surface area contributed by atoms with E-state index in [-0.39, 0.29) is 5.82 Å². The molecule has 2 rings (SSSR count). The summed E-state index contributed by atoms with van der Waals surface area (Å²) >= 11 is 0. The number of halogens is 1. The third-order valence-corrected chi connectivity index (χ3v) is 3.09. The fourth-order valence-corrected chi connectivity index (χ4v) is 2.27. The van der Waals surface area contributed by atoms with E-state index in [9.17, 15) is 4.39 Å². The van der Waals surface area contributed by atoms with Crippen LogP contribution in [0.25, 0.3) is 0 Å². The Morgan fingerprint density at radius 1 is 1.53 bits per heavy atom. The lowest BCUT2D eigenvalue weighted by molar-refractivity contribution is 0.197. The molecule has 1 aliphatic rings. The monoisotopic (exact) mass is 238 g/mol. The van der Waals surface area contributed by atoms with Gasteiger partial charge in [-0.25, -0.2) is 4.39 Å². The molecule has 3 nitrogen and oxygen atoms in total. The van der Waals surface area contributed by atoms with Crippen LogP contribution >= 0.6 is 0 Å². The van der Waals surface area contributed by atoms with Crippen LogP contribution in [0, 0.1) is 5.82 Å². The highest BCUT2D eigenvalue weighted by atomic mass is 19.1. The minimum Gasteiger partial charge on any atom is -0.496 e. The summed E-state index contributed by atoms with van der Waals surface area (Å²) in [6.07, 6.45) is 0. The molecule has 1 unspecified atom stereocenters. The molecule has 1 aromatic rings. The van der Waals surface area contributed by atoms with Crippen LogP contribution in [0.3, 0.4) is 0 Å². The van der Waals surface area contributed by atoms with Crippen LogP contribution < -0.4 is 10.1 Å². The first-order valence-electron chi connectivity index (χ1n) is 5.97. The van der Waals surface area contributed by atoms with Crippen LogP contribution in [-0.4, -0.2) is 37.7 Å². The van der Waals surface area contributed by atoms with Gasteiger partial charge in [-0.1, -0.05) is 0 Å². The average molecular weight is 238 g/mol. The Hall–Kier alpha value is -1.13. The third kappa shape index (κ3) is 3.17. The van der Waals surface area contributed by atoms with Crippen molar-refractivity contribution in [3.05, 3.63) is 29.6 Å². The summed E-state index contributed by atoms with van der Waals surface area (Å²) in [5, 5.41) is 3.39. The topological polar surface area (TPSA) is 24.5 Å². The number of hydrogen-bond acceptors (Lipinski definition) is 3. The zero-order valence-electron chi connectivity index (χ0n) is 10.4. The maximum Gasteiger partial charge on any atom is 0.123 e. The first-order chi connectivity index (χ1) is 8.19. The Morgan fingerprint density at radius 3 is 3.06 bits per heavy atom. The Kier molecular flexibility index (Phi) is 3.97. The molecule has 1 atom stereocenters. The second-order valence-electron chi connectivity index (χ2n) is 4.55. The quantitative estimate of drug-likeness (QED) is 0.866. The zero-order chi connectivity index (χ0) is 12.3. The molecule has 1 aliphatic heterocycles. The second-order valence-corrected chi connectivity index (χ2v) is 4.55. The summed E-state index contributed by atoms with van der Waals surface area (Å²) in [5.74, 6) is 0.557. The van der Waals surface area contributed by atoms with Gasteiger partial charge in [0.15, 0.2) is 0 Å². The van der Waals surface area contributed by atoms with E-state index < -0.39 is 0 Å². The SMILES string of the molecule is COc1ccc(F)cc1CN1CCNC(C)C1. The minimum atomic E-state index is -0.205. The van der Waals surface area contributed by atoms with Crippen molar-refractivity contribution >= 4 is 0 Å². The predicted octanol–water partition coefficient (Wildman–Crippen LogP) is 1.63. The number of hydrogen-bond donors (Lipinski definition) is 1. The number of rotatable bonds is 3. The molecule has 1 N–H and O–H groups in total. The Labute approximate surface area is 102 Å². The van der Waals surface area contributed by atoms with E-state index in [0.717, 1.165) is 37.5 Å². The number of nitrogens with one attached hydrogen (secondary N) is 1. The van der Waals surface area contributed by atoms with Crippen molar-refractivity contribution in [1.29, 1.82) is 0 Å². The lowest BCUT2D eigenvalue weighted by Crippen LogP contribution is -2.48. The van der Waals surface area contributed by atoms with Gasteiger partial charge in [0.2, 0.25) is 0 Å². The molecule has 0 saturated carbocycles. The van der Waals surface area contributed by atoms with Gasteiger partial charge in [-0.15, -0.1) is 0 Å².